The number of hydrogen-bond donors (Lipinski definition) is 1. The topological polar surface area (TPSA) is 82.1 Å². The molecule has 3 rings (SSSR count). The SMILES string of the molecule is CC(C)OC(=O)COC1(OO)c2ccccc2C(=O)c2ccccc21. The maximum atomic E-state index is 12.7. The molecule has 0 fully saturated rings. The highest BCUT2D eigenvalue weighted by Gasteiger charge is 2.47. The average molecular weight is 342 g/mol. The summed E-state index contributed by atoms with van der Waals surface area (Å²) in [6, 6.07) is 13.3. The fourth-order valence-corrected chi connectivity index (χ4v) is 2.96. The maximum Gasteiger partial charge on any atom is 0.332 e. The van der Waals surface area contributed by atoms with Crippen LogP contribution in [0.5, 0.6) is 0 Å². The molecule has 0 radical (unpaired) electrons. The summed E-state index contributed by atoms with van der Waals surface area (Å²) in [5.41, 5.74) is 1.34. The molecule has 1 N–H and O–H groups in total. The Morgan fingerprint density at radius 2 is 1.56 bits per heavy atom. The van der Waals surface area contributed by atoms with Crippen LogP contribution in [0.15, 0.2) is 48.5 Å². The van der Waals surface area contributed by atoms with E-state index in [0.29, 0.717) is 22.3 Å². The lowest BCUT2D eigenvalue weighted by molar-refractivity contribution is -0.395. The van der Waals surface area contributed by atoms with Gasteiger partial charge >= 0.3 is 5.97 Å². The van der Waals surface area contributed by atoms with Crippen LogP contribution in [-0.4, -0.2) is 29.7 Å². The molecule has 6 heteroatoms. The molecule has 0 heterocycles. The highest BCUT2D eigenvalue weighted by Crippen LogP contribution is 2.43. The molecule has 1 aliphatic rings. The van der Waals surface area contributed by atoms with Crippen LogP contribution in [0.3, 0.4) is 0 Å². The molecule has 0 amide bonds. The molecule has 0 bridgehead atoms. The summed E-state index contributed by atoms with van der Waals surface area (Å²) in [6.07, 6.45) is -0.297. The Morgan fingerprint density at radius 3 is 2.04 bits per heavy atom. The maximum absolute atomic E-state index is 12.7. The predicted octanol–water partition coefficient (Wildman–Crippen LogP) is 2.89. The second-order valence-corrected chi connectivity index (χ2v) is 5.96. The molecular weight excluding hydrogens is 324 g/mol. The van der Waals surface area contributed by atoms with Crippen LogP contribution in [0, 0.1) is 0 Å². The second kappa shape index (κ2) is 6.76. The first-order valence-corrected chi connectivity index (χ1v) is 7.89. The van der Waals surface area contributed by atoms with Gasteiger partial charge in [-0.15, -0.1) is 0 Å². The normalized spacial score (nSPS) is 14.8. The Balaban J connectivity index is 2.07. The molecule has 25 heavy (non-hydrogen) atoms. The number of fused-ring (bicyclic) bond motifs is 2. The molecule has 0 saturated carbocycles. The Bertz CT molecular complexity index is 762. The van der Waals surface area contributed by atoms with Crippen molar-refractivity contribution in [2.75, 3.05) is 6.61 Å². The van der Waals surface area contributed by atoms with E-state index in [2.05, 4.69) is 0 Å². The van der Waals surface area contributed by atoms with E-state index < -0.39 is 18.4 Å². The van der Waals surface area contributed by atoms with Crippen molar-refractivity contribution in [3.63, 3.8) is 0 Å². The molecule has 2 aromatic carbocycles. The zero-order valence-electron chi connectivity index (χ0n) is 13.9. The largest absolute Gasteiger partial charge is 0.461 e. The monoisotopic (exact) mass is 342 g/mol. The van der Waals surface area contributed by atoms with Gasteiger partial charge in [0.15, 0.2) is 5.78 Å². The van der Waals surface area contributed by atoms with Crippen LogP contribution in [0.2, 0.25) is 0 Å². The third-order valence-corrected chi connectivity index (χ3v) is 3.94. The number of ketones is 1. The highest BCUT2D eigenvalue weighted by molar-refractivity contribution is 6.12. The van der Waals surface area contributed by atoms with E-state index in [9.17, 15) is 14.8 Å². The number of ether oxygens (including phenoxy) is 2. The molecule has 130 valence electrons. The number of carbonyl (C=O) groups is 2. The van der Waals surface area contributed by atoms with E-state index in [1.165, 1.54) is 0 Å². The minimum atomic E-state index is -1.78. The van der Waals surface area contributed by atoms with Crippen molar-refractivity contribution in [2.45, 2.75) is 25.7 Å². The summed E-state index contributed by atoms with van der Waals surface area (Å²) >= 11 is 0. The van der Waals surface area contributed by atoms with Crippen molar-refractivity contribution < 1.29 is 29.2 Å². The Kier molecular flexibility index (Phi) is 4.67. The van der Waals surface area contributed by atoms with Crippen LogP contribution >= 0.6 is 0 Å². The lowest BCUT2D eigenvalue weighted by atomic mass is 9.80. The zero-order valence-corrected chi connectivity index (χ0v) is 13.9. The van der Waals surface area contributed by atoms with Gasteiger partial charge in [0.05, 0.1) is 6.10 Å². The summed E-state index contributed by atoms with van der Waals surface area (Å²) in [4.78, 5) is 29.4. The Labute approximate surface area is 144 Å². The molecular formula is C19H18O6. The smallest absolute Gasteiger partial charge is 0.332 e. The summed E-state index contributed by atoms with van der Waals surface area (Å²) in [7, 11) is 0. The first kappa shape index (κ1) is 17.3. The summed E-state index contributed by atoms with van der Waals surface area (Å²) < 4.78 is 10.7. The van der Waals surface area contributed by atoms with E-state index in [-0.39, 0.29) is 11.9 Å². The standard InChI is InChI=1S/C19H18O6/c1-12(2)24-17(20)11-23-19(25-22)15-9-5-3-7-13(15)18(21)14-8-4-6-10-16(14)19/h3-10,12,22H,11H2,1-2H3. The van der Waals surface area contributed by atoms with Crippen molar-refractivity contribution in [3.05, 3.63) is 70.8 Å². The molecule has 0 spiro atoms. The first-order valence-electron chi connectivity index (χ1n) is 7.89. The fraction of sp³-hybridized carbons (Fsp3) is 0.263. The number of rotatable bonds is 5. The first-order chi connectivity index (χ1) is 12.0. The Morgan fingerprint density at radius 1 is 1.04 bits per heavy atom. The quantitative estimate of drug-likeness (QED) is 0.389. The minimum Gasteiger partial charge on any atom is -0.461 e. The number of esters is 1. The second-order valence-electron chi connectivity index (χ2n) is 5.96. The van der Waals surface area contributed by atoms with Crippen LogP contribution in [0.4, 0.5) is 0 Å². The molecule has 6 nitrogen and oxygen atoms in total. The predicted molar refractivity (Wildman–Crippen MR) is 88.0 cm³/mol. The molecule has 0 saturated heterocycles. The van der Waals surface area contributed by atoms with Gasteiger partial charge in [0, 0.05) is 22.3 Å². The number of benzene rings is 2. The van der Waals surface area contributed by atoms with Crippen LogP contribution in [0.25, 0.3) is 0 Å². The van der Waals surface area contributed by atoms with Gasteiger partial charge in [-0.3, -0.25) is 4.79 Å². The van der Waals surface area contributed by atoms with Gasteiger partial charge in [-0.05, 0) is 13.8 Å². The van der Waals surface area contributed by atoms with Crippen molar-refractivity contribution in [1.82, 2.24) is 0 Å². The molecule has 1 aliphatic carbocycles. The van der Waals surface area contributed by atoms with E-state index in [1.54, 1.807) is 62.4 Å². The number of hydrogen-bond acceptors (Lipinski definition) is 6. The third-order valence-electron chi connectivity index (χ3n) is 3.94. The van der Waals surface area contributed by atoms with Gasteiger partial charge in [0.2, 0.25) is 0 Å². The molecule has 0 aliphatic heterocycles. The lowest BCUT2D eigenvalue weighted by Crippen LogP contribution is -2.41. The van der Waals surface area contributed by atoms with Crippen molar-refractivity contribution >= 4 is 11.8 Å². The summed E-state index contributed by atoms with van der Waals surface area (Å²) in [6.45, 7) is 3.00. The van der Waals surface area contributed by atoms with E-state index >= 15 is 0 Å². The third kappa shape index (κ3) is 2.95. The van der Waals surface area contributed by atoms with E-state index in [4.69, 9.17) is 14.4 Å². The highest BCUT2D eigenvalue weighted by atomic mass is 17.1. The average Bonchev–Trinajstić information content (AvgIpc) is 2.62. The van der Waals surface area contributed by atoms with Crippen LogP contribution in [-0.2, 0) is 24.9 Å². The Hall–Kier alpha value is -2.54. The van der Waals surface area contributed by atoms with Crippen molar-refractivity contribution in [2.24, 2.45) is 0 Å². The molecule has 0 atom stereocenters. The van der Waals surface area contributed by atoms with Gasteiger partial charge in [-0.2, -0.15) is 4.89 Å². The van der Waals surface area contributed by atoms with Gasteiger partial charge in [0.1, 0.15) is 6.61 Å². The zero-order chi connectivity index (χ0) is 18.0. The van der Waals surface area contributed by atoms with Gasteiger partial charge < -0.3 is 9.47 Å². The van der Waals surface area contributed by atoms with Crippen LogP contribution < -0.4 is 0 Å². The van der Waals surface area contributed by atoms with Crippen LogP contribution in [0.1, 0.15) is 40.9 Å². The van der Waals surface area contributed by atoms with Crippen molar-refractivity contribution in [1.29, 1.82) is 0 Å². The van der Waals surface area contributed by atoms with E-state index in [1.807, 2.05) is 0 Å². The molecule has 0 unspecified atom stereocenters. The van der Waals surface area contributed by atoms with Crippen molar-refractivity contribution in [3.8, 4) is 0 Å². The summed E-state index contributed by atoms with van der Waals surface area (Å²) in [5.74, 6) is -2.58. The molecule has 0 aromatic heterocycles. The minimum absolute atomic E-state index is 0.202. The fourth-order valence-electron chi connectivity index (χ4n) is 2.96. The summed E-state index contributed by atoms with van der Waals surface area (Å²) in [5, 5.41) is 9.73. The van der Waals surface area contributed by atoms with Gasteiger partial charge in [-0.25, -0.2) is 10.1 Å². The van der Waals surface area contributed by atoms with E-state index in [0.717, 1.165) is 0 Å². The lowest BCUT2D eigenvalue weighted by Gasteiger charge is -2.36. The van der Waals surface area contributed by atoms with Gasteiger partial charge in [-0.1, -0.05) is 48.5 Å². The molecule has 2 aromatic rings. The number of carbonyl (C=O) groups excluding carboxylic acids is 2. The van der Waals surface area contributed by atoms with Gasteiger partial charge in [0.25, 0.3) is 5.79 Å².